The number of carbonyl (C=O) groups excluding carboxylic acids is 1. The molecule has 0 amide bonds. The van der Waals surface area contributed by atoms with Gasteiger partial charge in [0.25, 0.3) is 0 Å². The van der Waals surface area contributed by atoms with Crippen LogP contribution >= 0.6 is 23.4 Å². The Morgan fingerprint density at radius 3 is 2.54 bits per heavy atom. The lowest BCUT2D eigenvalue weighted by Gasteiger charge is -2.12. The maximum absolute atomic E-state index is 12.3. The lowest BCUT2D eigenvalue weighted by Crippen LogP contribution is -2.10. The topological polar surface area (TPSA) is 42.4 Å². The molecule has 1 heterocycles. The first-order valence-electron chi connectivity index (χ1n) is 8.05. The summed E-state index contributed by atoms with van der Waals surface area (Å²) in [6.07, 6.45) is 2.02. The van der Waals surface area contributed by atoms with Crippen molar-refractivity contribution in [2.75, 3.05) is 25.3 Å². The number of esters is 1. The van der Waals surface area contributed by atoms with Crippen LogP contribution in [0.5, 0.6) is 0 Å². The van der Waals surface area contributed by atoms with E-state index in [1.807, 2.05) is 61.6 Å². The predicted molar refractivity (Wildman–Crippen MR) is 108 cm³/mol. The number of carbonyl (C=O) groups is 1. The third-order valence-electron chi connectivity index (χ3n) is 4.03. The molecule has 0 spiro atoms. The first-order valence-corrected chi connectivity index (χ1v) is 9.66. The fourth-order valence-corrected chi connectivity index (χ4v) is 3.15. The van der Waals surface area contributed by atoms with E-state index in [2.05, 4.69) is 4.98 Å². The Bertz CT molecular complexity index is 942. The third kappa shape index (κ3) is 4.11. The summed E-state index contributed by atoms with van der Waals surface area (Å²) in [5.74, 6) is -0.385. The zero-order chi connectivity index (χ0) is 18.7. The Morgan fingerprint density at radius 2 is 1.88 bits per heavy atom. The maximum atomic E-state index is 12.3. The van der Waals surface area contributed by atoms with E-state index < -0.39 is 0 Å². The molecule has 26 heavy (non-hydrogen) atoms. The number of nitrogens with zero attached hydrogens (tertiary/aromatic N) is 2. The van der Waals surface area contributed by atoms with Gasteiger partial charge >= 0.3 is 5.97 Å². The second kappa shape index (κ2) is 7.98. The van der Waals surface area contributed by atoms with Gasteiger partial charge in [0.1, 0.15) is 11.8 Å². The van der Waals surface area contributed by atoms with E-state index in [1.54, 1.807) is 23.9 Å². The number of ether oxygens (including phenoxy) is 1. The summed E-state index contributed by atoms with van der Waals surface area (Å²) in [5, 5.41) is 1.32. The number of thioether (sulfide) groups is 1. The minimum Gasteiger partial charge on any atom is -0.457 e. The Kier molecular flexibility index (Phi) is 5.69. The summed E-state index contributed by atoms with van der Waals surface area (Å²) in [7, 11) is 3.90. The van der Waals surface area contributed by atoms with E-state index in [4.69, 9.17) is 16.3 Å². The smallest absolute Gasteiger partial charge is 0.338 e. The third-order valence-corrected chi connectivity index (χ3v) is 5.08. The van der Waals surface area contributed by atoms with Crippen molar-refractivity contribution in [2.45, 2.75) is 11.5 Å². The highest BCUT2D eigenvalue weighted by molar-refractivity contribution is 7.98. The molecular weight excluding hydrogens is 368 g/mol. The van der Waals surface area contributed by atoms with E-state index in [0.29, 0.717) is 16.3 Å². The summed E-state index contributed by atoms with van der Waals surface area (Å²) in [6.45, 7) is 0.0836. The highest BCUT2D eigenvalue weighted by Crippen LogP contribution is 2.25. The Morgan fingerprint density at radius 1 is 1.15 bits per heavy atom. The highest BCUT2D eigenvalue weighted by atomic mass is 35.5. The molecule has 0 aliphatic carbocycles. The van der Waals surface area contributed by atoms with Gasteiger partial charge in [-0.25, -0.2) is 9.78 Å². The zero-order valence-corrected chi connectivity index (χ0v) is 16.4. The van der Waals surface area contributed by atoms with Gasteiger partial charge in [0.05, 0.1) is 11.1 Å². The molecule has 0 atom stereocenters. The first kappa shape index (κ1) is 18.5. The molecule has 6 heteroatoms. The van der Waals surface area contributed by atoms with Gasteiger partial charge in [-0.2, -0.15) is 0 Å². The fraction of sp³-hybridized carbons (Fsp3) is 0.200. The van der Waals surface area contributed by atoms with Crippen LogP contribution in [0.25, 0.3) is 10.9 Å². The van der Waals surface area contributed by atoms with Gasteiger partial charge in [-0.15, -0.1) is 11.8 Å². The number of rotatable bonds is 5. The van der Waals surface area contributed by atoms with Crippen LogP contribution in [0, 0.1) is 0 Å². The lowest BCUT2D eigenvalue weighted by atomic mass is 10.1. The Labute approximate surface area is 162 Å². The zero-order valence-electron chi connectivity index (χ0n) is 14.8. The normalized spacial score (nSPS) is 10.8. The van der Waals surface area contributed by atoms with Crippen LogP contribution in [0.1, 0.15) is 15.9 Å². The summed E-state index contributed by atoms with van der Waals surface area (Å²) in [6, 6.07) is 15.2. The predicted octanol–water partition coefficient (Wildman–Crippen LogP) is 5.03. The second-order valence-electron chi connectivity index (χ2n) is 6.01. The van der Waals surface area contributed by atoms with Gasteiger partial charge in [-0.3, -0.25) is 0 Å². The number of anilines is 1. The SMILES string of the molecule is CSc1ccc2cc(COC(=O)c3ccc(N(C)C)cc3)c(Cl)nc2c1. The number of hydrogen-bond donors (Lipinski definition) is 0. The standard InChI is InChI=1S/C20H19ClN2O2S/c1-23(2)16-7-4-13(5-8-16)20(24)25-12-15-10-14-6-9-17(26-3)11-18(14)22-19(15)21/h4-11H,12H2,1-3H3. The molecule has 3 rings (SSSR count). The van der Waals surface area contributed by atoms with Crippen molar-refractivity contribution in [2.24, 2.45) is 0 Å². The average molecular weight is 387 g/mol. The molecule has 4 nitrogen and oxygen atoms in total. The van der Waals surface area contributed by atoms with Crippen LogP contribution in [0.15, 0.2) is 53.4 Å². The molecule has 1 aromatic heterocycles. The molecule has 0 N–H and O–H groups in total. The van der Waals surface area contributed by atoms with E-state index in [9.17, 15) is 4.79 Å². The minimum absolute atomic E-state index is 0.0836. The van der Waals surface area contributed by atoms with Crippen molar-refractivity contribution in [3.05, 3.63) is 64.8 Å². The quantitative estimate of drug-likeness (QED) is 0.349. The van der Waals surface area contributed by atoms with Crippen molar-refractivity contribution in [3.63, 3.8) is 0 Å². The number of benzene rings is 2. The number of hydrogen-bond acceptors (Lipinski definition) is 5. The van der Waals surface area contributed by atoms with Crippen LogP contribution in [-0.2, 0) is 11.3 Å². The molecule has 0 aliphatic heterocycles. The minimum atomic E-state index is -0.385. The second-order valence-corrected chi connectivity index (χ2v) is 7.25. The van der Waals surface area contributed by atoms with Gasteiger partial charge in [0.15, 0.2) is 0 Å². The van der Waals surface area contributed by atoms with Gasteiger partial charge in [-0.1, -0.05) is 17.7 Å². The Balaban J connectivity index is 1.74. The largest absolute Gasteiger partial charge is 0.457 e. The van der Waals surface area contributed by atoms with Crippen molar-refractivity contribution in [3.8, 4) is 0 Å². The number of halogens is 1. The van der Waals surface area contributed by atoms with Crippen LogP contribution in [-0.4, -0.2) is 31.3 Å². The summed E-state index contributed by atoms with van der Waals surface area (Å²) in [5.41, 5.74) is 3.04. The molecule has 0 saturated carbocycles. The van der Waals surface area contributed by atoms with Crippen molar-refractivity contribution in [1.82, 2.24) is 4.98 Å². The molecule has 0 unspecified atom stereocenters. The van der Waals surface area contributed by atoms with Gasteiger partial charge in [0, 0.05) is 35.6 Å². The van der Waals surface area contributed by atoms with E-state index in [0.717, 1.165) is 21.5 Å². The van der Waals surface area contributed by atoms with E-state index >= 15 is 0 Å². The molecule has 2 aromatic carbocycles. The number of pyridine rings is 1. The van der Waals surface area contributed by atoms with Gasteiger partial charge in [-0.05, 0) is 48.7 Å². The van der Waals surface area contributed by atoms with E-state index in [-0.39, 0.29) is 12.6 Å². The van der Waals surface area contributed by atoms with Crippen molar-refractivity contribution < 1.29 is 9.53 Å². The summed E-state index contributed by atoms with van der Waals surface area (Å²) in [4.78, 5) is 19.8. The highest BCUT2D eigenvalue weighted by Gasteiger charge is 2.11. The van der Waals surface area contributed by atoms with Crippen LogP contribution in [0.2, 0.25) is 5.15 Å². The van der Waals surface area contributed by atoms with Crippen molar-refractivity contribution in [1.29, 1.82) is 0 Å². The average Bonchev–Trinajstić information content (AvgIpc) is 2.65. The van der Waals surface area contributed by atoms with Crippen molar-refractivity contribution >= 4 is 45.9 Å². The molecule has 0 radical (unpaired) electrons. The molecule has 0 aliphatic rings. The van der Waals surface area contributed by atoms with Gasteiger partial charge < -0.3 is 9.64 Å². The van der Waals surface area contributed by atoms with Crippen LogP contribution in [0.4, 0.5) is 5.69 Å². The molecule has 0 bridgehead atoms. The molecular formula is C20H19ClN2O2S. The number of aromatic nitrogens is 1. The maximum Gasteiger partial charge on any atom is 0.338 e. The fourth-order valence-electron chi connectivity index (χ4n) is 2.52. The van der Waals surface area contributed by atoms with E-state index in [1.165, 1.54) is 0 Å². The monoisotopic (exact) mass is 386 g/mol. The summed E-state index contributed by atoms with van der Waals surface area (Å²) < 4.78 is 5.41. The number of fused-ring (bicyclic) bond motifs is 1. The molecule has 134 valence electrons. The lowest BCUT2D eigenvalue weighted by molar-refractivity contribution is 0.0472. The summed E-state index contributed by atoms with van der Waals surface area (Å²) >= 11 is 7.92. The van der Waals surface area contributed by atoms with Crippen LogP contribution < -0.4 is 4.90 Å². The van der Waals surface area contributed by atoms with Crippen LogP contribution in [0.3, 0.4) is 0 Å². The first-order chi connectivity index (χ1) is 12.5. The molecule has 3 aromatic rings. The Hall–Kier alpha value is -2.24. The molecule has 0 fully saturated rings. The van der Waals surface area contributed by atoms with Gasteiger partial charge in [0.2, 0.25) is 0 Å². The molecule has 0 saturated heterocycles.